The van der Waals surface area contributed by atoms with E-state index in [1.807, 2.05) is 6.08 Å². The average Bonchev–Trinajstić information content (AvgIpc) is 0.789. The number of hydrogen-bond donors (Lipinski definition) is 12. The summed E-state index contributed by atoms with van der Waals surface area (Å²) in [6.45, 7) is 1.77. The quantitative estimate of drug-likeness (QED) is 0.0199. The summed E-state index contributed by atoms with van der Waals surface area (Å²) >= 11 is 0. The van der Waals surface area contributed by atoms with Crippen LogP contribution in [-0.4, -0.2) is 193 Å². The van der Waals surface area contributed by atoms with Crippen molar-refractivity contribution in [3.05, 3.63) is 24.3 Å². The molecule has 0 aromatic carbocycles. The predicted molar refractivity (Wildman–Crippen MR) is 383 cm³/mol. The Kier molecular flexibility index (Phi) is 55.0. The molecule has 19 heteroatoms. The molecule has 0 aromatic heterocycles. The van der Waals surface area contributed by atoms with Crippen LogP contribution in [0.1, 0.15) is 335 Å². The van der Waals surface area contributed by atoms with Crippen molar-refractivity contribution < 1.29 is 89.4 Å². The lowest BCUT2D eigenvalue weighted by molar-refractivity contribution is -0.379. The van der Waals surface area contributed by atoms with Crippen molar-refractivity contribution in [2.24, 2.45) is 0 Å². The van der Waals surface area contributed by atoms with Crippen molar-refractivity contribution in [3.63, 3.8) is 0 Å². The van der Waals surface area contributed by atoms with Gasteiger partial charge in [0.15, 0.2) is 18.9 Å². The summed E-state index contributed by atoms with van der Waals surface area (Å²) in [6.07, 6.45) is 44.8. The Labute approximate surface area is 588 Å². The Balaban J connectivity index is 1.30. The molecule has 3 rings (SSSR count). The van der Waals surface area contributed by atoms with Crippen LogP contribution < -0.4 is 5.32 Å². The number of rotatable bonds is 64. The van der Waals surface area contributed by atoms with Crippen LogP contribution in [0.15, 0.2) is 24.3 Å². The second kappa shape index (κ2) is 59.6. The smallest absolute Gasteiger partial charge is 0.220 e. The van der Waals surface area contributed by atoms with Gasteiger partial charge in [0.1, 0.15) is 73.2 Å². The van der Waals surface area contributed by atoms with Crippen LogP contribution in [-0.2, 0) is 33.2 Å². The van der Waals surface area contributed by atoms with Crippen LogP contribution in [0, 0.1) is 0 Å². The minimum absolute atomic E-state index is 0.249. The summed E-state index contributed by atoms with van der Waals surface area (Å²) in [5.74, 6) is -0.269. The van der Waals surface area contributed by atoms with Gasteiger partial charge in [0, 0.05) is 6.42 Å². The molecule has 17 atom stereocenters. The van der Waals surface area contributed by atoms with Gasteiger partial charge in [-0.05, 0) is 44.9 Å². The van der Waals surface area contributed by atoms with Crippen LogP contribution in [0.5, 0.6) is 0 Å². The van der Waals surface area contributed by atoms with Crippen molar-refractivity contribution in [1.29, 1.82) is 0 Å². The van der Waals surface area contributed by atoms with E-state index in [1.54, 1.807) is 6.08 Å². The van der Waals surface area contributed by atoms with Gasteiger partial charge in [0.25, 0.3) is 0 Å². The third-order valence-corrected chi connectivity index (χ3v) is 20.2. The van der Waals surface area contributed by atoms with E-state index < -0.39 is 124 Å². The summed E-state index contributed by atoms with van der Waals surface area (Å²) < 4.78 is 34.4. The zero-order valence-electron chi connectivity index (χ0n) is 61.1. The van der Waals surface area contributed by atoms with Crippen LogP contribution in [0.25, 0.3) is 0 Å². The van der Waals surface area contributed by atoms with Gasteiger partial charge >= 0.3 is 0 Å². The topological polar surface area (TPSA) is 307 Å². The molecule has 3 fully saturated rings. The van der Waals surface area contributed by atoms with Crippen molar-refractivity contribution in [1.82, 2.24) is 5.32 Å². The Morgan fingerprint density at radius 3 is 1.00 bits per heavy atom. The molecule has 12 N–H and O–H groups in total. The molecule has 3 aliphatic rings. The molecule has 0 spiro atoms. The Morgan fingerprint density at radius 2 is 0.649 bits per heavy atom. The molecule has 0 bridgehead atoms. The zero-order valence-corrected chi connectivity index (χ0v) is 61.1. The monoisotopic (exact) mass is 1390 g/mol. The molecule has 17 unspecified atom stereocenters. The molecule has 1 amide bonds. The zero-order chi connectivity index (χ0) is 70.4. The van der Waals surface area contributed by atoms with E-state index in [0.29, 0.717) is 6.42 Å². The first-order valence-electron chi connectivity index (χ1n) is 40.1. The largest absolute Gasteiger partial charge is 0.394 e. The minimum atomic E-state index is -1.98. The maximum Gasteiger partial charge on any atom is 0.220 e. The molecule has 0 aliphatic carbocycles. The van der Waals surface area contributed by atoms with Gasteiger partial charge in [-0.25, -0.2) is 0 Å². The lowest BCUT2D eigenvalue weighted by Gasteiger charge is -2.48. The molecule has 3 heterocycles. The second-order valence-corrected chi connectivity index (χ2v) is 28.9. The number of amides is 1. The maximum atomic E-state index is 13.4. The highest BCUT2D eigenvalue weighted by atomic mass is 16.8. The fraction of sp³-hybridized carbons (Fsp3) is 0.936. The van der Waals surface area contributed by atoms with Gasteiger partial charge in [0.2, 0.25) is 5.91 Å². The van der Waals surface area contributed by atoms with E-state index in [9.17, 15) is 61.0 Å². The van der Waals surface area contributed by atoms with Crippen LogP contribution >= 0.6 is 0 Å². The van der Waals surface area contributed by atoms with E-state index in [-0.39, 0.29) is 18.9 Å². The van der Waals surface area contributed by atoms with Crippen molar-refractivity contribution >= 4 is 5.91 Å². The summed E-state index contributed by atoms with van der Waals surface area (Å²) in [4.78, 5) is 13.4. The summed E-state index contributed by atoms with van der Waals surface area (Å²) in [5.41, 5.74) is 0. The Bertz CT molecular complexity index is 1850. The number of hydrogen-bond acceptors (Lipinski definition) is 18. The summed E-state index contributed by atoms with van der Waals surface area (Å²) in [7, 11) is 0. The van der Waals surface area contributed by atoms with Crippen LogP contribution in [0.2, 0.25) is 0 Å². The first kappa shape index (κ1) is 89.5. The fourth-order valence-electron chi connectivity index (χ4n) is 13.8. The highest BCUT2D eigenvalue weighted by Gasteiger charge is 2.54. The van der Waals surface area contributed by atoms with Crippen molar-refractivity contribution in [2.45, 2.75) is 439 Å². The van der Waals surface area contributed by atoms with Crippen molar-refractivity contribution in [2.75, 3.05) is 26.4 Å². The third kappa shape index (κ3) is 40.2. The molecule has 0 saturated carbocycles. The molecule has 572 valence electrons. The van der Waals surface area contributed by atoms with E-state index in [4.69, 9.17) is 28.4 Å². The van der Waals surface area contributed by atoms with Crippen molar-refractivity contribution in [3.8, 4) is 0 Å². The van der Waals surface area contributed by atoms with Gasteiger partial charge in [-0.2, -0.15) is 0 Å². The molecule has 0 radical (unpaired) electrons. The van der Waals surface area contributed by atoms with Crippen LogP contribution in [0.3, 0.4) is 0 Å². The third-order valence-electron chi connectivity index (χ3n) is 20.2. The highest BCUT2D eigenvalue weighted by molar-refractivity contribution is 5.76. The number of carbonyl (C=O) groups excluding carboxylic acids is 1. The number of aliphatic hydroxyl groups is 11. The highest BCUT2D eigenvalue weighted by Crippen LogP contribution is 2.33. The van der Waals surface area contributed by atoms with E-state index in [0.717, 1.165) is 44.9 Å². The first-order valence-corrected chi connectivity index (χ1v) is 40.1. The average molecular weight is 1390 g/mol. The predicted octanol–water partition coefficient (Wildman–Crippen LogP) is 13.0. The summed E-state index contributed by atoms with van der Waals surface area (Å²) in [5, 5.41) is 121. The van der Waals surface area contributed by atoms with E-state index in [2.05, 4.69) is 31.3 Å². The van der Waals surface area contributed by atoms with Gasteiger partial charge in [-0.15, -0.1) is 0 Å². The lowest BCUT2D eigenvalue weighted by atomic mass is 9.96. The Hall–Kier alpha value is -1.73. The summed E-state index contributed by atoms with van der Waals surface area (Å²) in [6, 6.07) is -0.970. The standard InChI is InChI=1S/C78H147NO18/c1-3-5-7-9-11-13-15-17-19-20-21-22-23-24-25-26-27-28-29-30-31-32-33-34-35-36-37-38-39-40-42-44-46-48-50-52-54-56-66(84)79-61(62(83)55-53-51-49-47-45-43-41-18-16-14-12-10-8-6-4-2)60-92-76-72(90)69(87)74(64(58-81)94-76)97-78-73(91)70(88)75(65(59-82)95-78)96-77-71(89)68(86)67(85)63(57-80)93-77/h20-21,53,55,61-65,67-78,80-83,85-91H,3-19,22-52,54,56-60H2,1-2H3,(H,79,84)/b21-20-,55-53+. The number of aliphatic hydroxyl groups excluding tert-OH is 11. The number of allylic oxidation sites excluding steroid dienone is 3. The number of ether oxygens (including phenoxy) is 6. The lowest BCUT2D eigenvalue weighted by Crippen LogP contribution is -2.66. The molecule has 19 nitrogen and oxygen atoms in total. The number of unbranched alkanes of at least 4 members (excludes halogenated alkanes) is 46. The van der Waals surface area contributed by atoms with Gasteiger partial charge < -0.3 is 89.9 Å². The normalized spacial score (nSPS) is 27.0. The van der Waals surface area contributed by atoms with Gasteiger partial charge in [0.05, 0.1) is 38.6 Å². The molecular formula is C78H147NO18. The number of carbonyl (C=O) groups is 1. The SMILES string of the molecule is CCCCCCCCCC/C=C\CCCCCCCCCCCCCCCCCCCCCCCCCCCC(=O)NC(COC1OC(CO)C(OC2OC(CO)C(OC3OC(CO)C(O)C(O)C3O)C(O)C2O)C(O)C1O)C(O)/C=C/CCCCCCCCCCCCCCC. The molecule has 97 heavy (non-hydrogen) atoms. The second-order valence-electron chi connectivity index (χ2n) is 28.9. The van der Waals surface area contributed by atoms with Gasteiger partial charge in [-0.1, -0.05) is 308 Å². The molecule has 3 aliphatic heterocycles. The minimum Gasteiger partial charge on any atom is -0.394 e. The Morgan fingerprint density at radius 1 is 0.361 bits per heavy atom. The van der Waals surface area contributed by atoms with Gasteiger partial charge in [-0.3, -0.25) is 4.79 Å². The molecule has 0 aromatic rings. The first-order chi connectivity index (χ1) is 47.3. The number of nitrogens with one attached hydrogen (secondary N) is 1. The fourth-order valence-corrected chi connectivity index (χ4v) is 13.8. The van der Waals surface area contributed by atoms with E-state index in [1.165, 1.54) is 263 Å². The maximum absolute atomic E-state index is 13.4. The molecular weight excluding hydrogens is 1240 g/mol. The van der Waals surface area contributed by atoms with E-state index >= 15 is 0 Å². The molecule has 3 saturated heterocycles. The van der Waals surface area contributed by atoms with Crippen LogP contribution in [0.4, 0.5) is 0 Å².